The Bertz CT molecular complexity index is 676. The molecule has 0 aliphatic carbocycles. The summed E-state index contributed by atoms with van der Waals surface area (Å²) in [5.41, 5.74) is 0. The molecule has 3 aliphatic rings. The van der Waals surface area contributed by atoms with Gasteiger partial charge in [-0.1, -0.05) is 0 Å². The van der Waals surface area contributed by atoms with Crippen LogP contribution in [0.3, 0.4) is 0 Å². The molecule has 0 amide bonds. The summed E-state index contributed by atoms with van der Waals surface area (Å²) in [6, 6.07) is 1.86. The number of morpholine rings is 1. The third kappa shape index (κ3) is 6.27. The molecule has 0 radical (unpaired) electrons. The number of ether oxygens (including phenoxy) is 2. The van der Waals surface area contributed by atoms with E-state index in [1.54, 1.807) is 0 Å². The van der Waals surface area contributed by atoms with Crippen LogP contribution in [0.5, 0.6) is 0 Å². The van der Waals surface area contributed by atoms with Crippen molar-refractivity contribution in [3.05, 3.63) is 18.5 Å². The van der Waals surface area contributed by atoms with Crippen LogP contribution in [0, 0.1) is 0 Å². The highest BCUT2D eigenvalue weighted by atomic mass is 16.5. The van der Waals surface area contributed by atoms with Crippen molar-refractivity contribution in [3.8, 4) is 0 Å². The second kappa shape index (κ2) is 11.6. The highest BCUT2D eigenvalue weighted by Crippen LogP contribution is 2.21. The fourth-order valence-corrected chi connectivity index (χ4v) is 4.52. The quantitative estimate of drug-likeness (QED) is 0.387. The summed E-state index contributed by atoms with van der Waals surface area (Å²) >= 11 is 0. The van der Waals surface area contributed by atoms with Crippen LogP contribution in [0.1, 0.15) is 26.2 Å². The van der Waals surface area contributed by atoms with Gasteiger partial charge in [-0.2, -0.15) is 0 Å². The molecule has 4 heterocycles. The molecule has 2 unspecified atom stereocenters. The van der Waals surface area contributed by atoms with E-state index in [2.05, 4.69) is 36.9 Å². The monoisotopic (exact) mass is 431 g/mol. The van der Waals surface area contributed by atoms with Gasteiger partial charge in [-0.25, -0.2) is 9.97 Å². The third-order valence-corrected chi connectivity index (χ3v) is 6.21. The second-order valence-electron chi connectivity index (χ2n) is 8.37. The first-order valence-corrected chi connectivity index (χ1v) is 11.8. The maximum Gasteiger partial charge on any atom is 0.225 e. The van der Waals surface area contributed by atoms with E-state index in [-0.39, 0.29) is 12.2 Å². The number of hydrogen-bond donors (Lipinski definition) is 1. The SMILES string of the molecule is CCNC(=NCCCN1CCN(c2ncccn2)CC1)N1CCOC(C2CCCO2)C1. The Morgan fingerprint density at radius 2 is 1.90 bits per heavy atom. The van der Waals surface area contributed by atoms with E-state index in [9.17, 15) is 0 Å². The molecule has 0 saturated carbocycles. The van der Waals surface area contributed by atoms with Crippen molar-refractivity contribution in [2.24, 2.45) is 4.99 Å². The maximum absolute atomic E-state index is 6.00. The fourth-order valence-electron chi connectivity index (χ4n) is 4.52. The van der Waals surface area contributed by atoms with Crippen molar-refractivity contribution in [2.75, 3.05) is 77.0 Å². The van der Waals surface area contributed by atoms with E-state index in [0.29, 0.717) is 0 Å². The van der Waals surface area contributed by atoms with Crippen molar-refractivity contribution < 1.29 is 9.47 Å². The van der Waals surface area contributed by atoms with Gasteiger partial charge < -0.3 is 24.6 Å². The van der Waals surface area contributed by atoms with Crippen molar-refractivity contribution in [1.29, 1.82) is 0 Å². The molecule has 3 saturated heterocycles. The Labute approximate surface area is 185 Å². The van der Waals surface area contributed by atoms with E-state index < -0.39 is 0 Å². The molecule has 31 heavy (non-hydrogen) atoms. The number of piperazine rings is 1. The molecule has 2 atom stereocenters. The van der Waals surface area contributed by atoms with Crippen LogP contribution in [0.2, 0.25) is 0 Å². The Kier molecular flexibility index (Phi) is 8.31. The van der Waals surface area contributed by atoms with Gasteiger partial charge in [0.25, 0.3) is 0 Å². The van der Waals surface area contributed by atoms with Gasteiger partial charge in [-0.15, -0.1) is 0 Å². The zero-order valence-electron chi connectivity index (χ0n) is 18.8. The first-order chi connectivity index (χ1) is 15.3. The van der Waals surface area contributed by atoms with Gasteiger partial charge in [-0.3, -0.25) is 9.89 Å². The molecule has 4 rings (SSSR count). The zero-order valence-corrected chi connectivity index (χ0v) is 18.8. The van der Waals surface area contributed by atoms with E-state index in [4.69, 9.17) is 14.5 Å². The molecular formula is C22H37N7O2. The van der Waals surface area contributed by atoms with E-state index in [1.165, 1.54) is 0 Å². The number of guanidine groups is 1. The van der Waals surface area contributed by atoms with Crippen molar-refractivity contribution >= 4 is 11.9 Å². The van der Waals surface area contributed by atoms with Gasteiger partial charge in [0.2, 0.25) is 5.95 Å². The van der Waals surface area contributed by atoms with E-state index >= 15 is 0 Å². The van der Waals surface area contributed by atoms with Crippen LogP contribution < -0.4 is 10.2 Å². The van der Waals surface area contributed by atoms with Gasteiger partial charge >= 0.3 is 0 Å². The summed E-state index contributed by atoms with van der Waals surface area (Å²) in [5, 5.41) is 3.47. The van der Waals surface area contributed by atoms with Gasteiger partial charge in [0.1, 0.15) is 6.10 Å². The highest BCUT2D eigenvalue weighted by molar-refractivity contribution is 5.80. The van der Waals surface area contributed by atoms with Gasteiger partial charge in [0.05, 0.1) is 12.7 Å². The topological polar surface area (TPSA) is 78.4 Å². The predicted molar refractivity (Wildman–Crippen MR) is 122 cm³/mol. The predicted octanol–water partition coefficient (Wildman–Crippen LogP) is 0.834. The van der Waals surface area contributed by atoms with E-state index in [1.807, 2.05) is 18.5 Å². The molecule has 9 nitrogen and oxygen atoms in total. The van der Waals surface area contributed by atoms with Crippen molar-refractivity contribution in [1.82, 2.24) is 25.1 Å². The Balaban J connectivity index is 1.20. The number of hydrogen-bond acceptors (Lipinski definition) is 7. The summed E-state index contributed by atoms with van der Waals surface area (Å²) in [4.78, 5) is 20.8. The molecule has 0 spiro atoms. The summed E-state index contributed by atoms with van der Waals surface area (Å²) in [5.74, 6) is 1.86. The fraction of sp³-hybridized carbons (Fsp3) is 0.773. The summed E-state index contributed by atoms with van der Waals surface area (Å²) in [6.07, 6.45) is 7.34. The van der Waals surface area contributed by atoms with Crippen LogP contribution in [0.15, 0.2) is 23.5 Å². The molecule has 172 valence electrons. The van der Waals surface area contributed by atoms with Crippen LogP contribution >= 0.6 is 0 Å². The second-order valence-corrected chi connectivity index (χ2v) is 8.37. The van der Waals surface area contributed by atoms with Crippen molar-refractivity contribution in [3.63, 3.8) is 0 Å². The number of anilines is 1. The molecular weight excluding hydrogens is 394 g/mol. The molecule has 3 fully saturated rings. The lowest BCUT2D eigenvalue weighted by molar-refractivity contribution is -0.0817. The van der Waals surface area contributed by atoms with Gasteiger partial charge in [-0.05, 0) is 32.3 Å². The highest BCUT2D eigenvalue weighted by Gasteiger charge is 2.32. The minimum absolute atomic E-state index is 0.157. The number of aliphatic imine (C=N–C) groups is 1. The molecule has 1 aromatic rings. The molecule has 0 bridgehead atoms. The minimum Gasteiger partial charge on any atom is -0.375 e. The lowest BCUT2D eigenvalue weighted by Crippen LogP contribution is -2.53. The normalized spacial score (nSPS) is 25.8. The van der Waals surface area contributed by atoms with Crippen LogP contribution in [-0.2, 0) is 9.47 Å². The molecule has 3 aliphatic heterocycles. The molecule has 1 N–H and O–H groups in total. The van der Waals surface area contributed by atoms with Crippen LogP contribution in [0.4, 0.5) is 5.95 Å². The van der Waals surface area contributed by atoms with Crippen molar-refractivity contribution in [2.45, 2.75) is 38.4 Å². The molecule has 9 heteroatoms. The Morgan fingerprint density at radius 3 is 2.65 bits per heavy atom. The number of rotatable bonds is 7. The van der Waals surface area contributed by atoms with Gasteiger partial charge in [0, 0.05) is 77.9 Å². The van der Waals surface area contributed by atoms with Crippen LogP contribution in [-0.4, -0.2) is 110 Å². The smallest absolute Gasteiger partial charge is 0.225 e. The summed E-state index contributed by atoms with van der Waals surface area (Å²) < 4.78 is 11.9. The molecule has 0 aromatic carbocycles. The standard InChI is InChI=1S/C22H37N7O2/c1-2-23-21(29-15-17-31-20(18-29)19-6-3-16-30-19)26-9-5-10-27-11-13-28(14-12-27)22-24-7-4-8-25-22/h4,7-8,19-20H,2-3,5-6,9-18H2,1H3,(H,23,26). The first kappa shape index (κ1) is 22.2. The molecule has 1 aromatic heterocycles. The number of nitrogens with zero attached hydrogens (tertiary/aromatic N) is 6. The van der Waals surface area contributed by atoms with Gasteiger partial charge in [0.15, 0.2) is 5.96 Å². The third-order valence-electron chi connectivity index (χ3n) is 6.21. The average molecular weight is 432 g/mol. The largest absolute Gasteiger partial charge is 0.375 e. The zero-order chi connectivity index (χ0) is 21.3. The lowest BCUT2D eigenvalue weighted by Gasteiger charge is -2.37. The first-order valence-electron chi connectivity index (χ1n) is 11.8. The van der Waals surface area contributed by atoms with E-state index in [0.717, 1.165) is 103 Å². The van der Waals surface area contributed by atoms with Crippen LogP contribution in [0.25, 0.3) is 0 Å². The minimum atomic E-state index is 0.157. The number of aromatic nitrogens is 2. The Hall–Kier alpha value is -1.97. The summed E-state index contributed by atoms with van der Waals surface area (Å²) in [6.45, 7) is 12.3. The lowest BCUT2D eigenvalue weighted by atomic mass is 10.1. The maximum atomic E-state index is 6.00. The Morgan fingerprint density at radius 1 is 1.10 bits per heavy atom. The average Bonchev–Trinajstić information content (AvgIpc) is 3.37. The number of nitrogens with one attached hydrogen (secondary N) is 1. The summed E-state index contributed by atoms with van der Waals surface area (Å²) in [7, 11) is 0.